The van der Waals surface area contributed by atoms with Gasteiger partial charge in [-0.25, -0.2) is 17.9 Å². The Hall–Kier alpha value is -2.38. The molecule has 0 aliphatic heterocycles. The zero-order chi connectivity index (χ0) is 14.0. The smallest absolute Gasteiger partial charge is 0.258 e. The Bertz CT molecular complexity index is 583. The maximum atomic E-state index is 13.0. The molecule has 2 rings (SSSR count). The molecule has 2 aromatic rings. The van der Waals surface area contributed by atoms with Crippen LogP contribution < -0.4 is 0 Å². The highest BCUT2D eigenvalue weighted by Crippen LogP contribution is 2.23. The number of aromatic nitrogens is 2. The van der Waals surface area contributed by atoms with Crippen molar-refractivity contribution in [2.24, 2.45) is 0 Å². The Balaban J connectivity index is 2.25. The summed E-state index contributed by atoms with van der Waals surface area (Å²) in [5.74, 6) is 0. The molecule has 8 heteroatoms. The summed E-state index contributed by atoms with van der Waals surface area (Å²) < 4.78 is 37.8. The third-order valence-electron chi connectivity index (χ3n) is 2.44. The van der Waals surface area contributed by atoms with Crippen LogP contribution in [-0.4, -0.2) is 21.1 Å². The summed E-state index contributed by atoms with van der Waals surface area (Å²) in [5, 5.41) is 14.1. The molecule has 1 aromatic heterocycles. The highest BCUT2D eigenvalue weighted by molar-refractivity contribution is 5.60. The number of non-ortho nitro benzene ring substituents is 1. The van der Waals surface area contributed by atoms with Crippen molar-refractivity contribution in [3.63, 3.8) is 0 Å². The van der Waals surface area contributed by atoms with E-state index in [0.717, 1.165) is 6.20 Å². The Kier molecular flexibility index (Phi) is 3.50. The second-order valence-corrected chi connectivity index (χ2v) is 3.69. The second-order valence-electron chi connectivity index (χ2n) is 3.69. The largest absolute Gasteiger partial charge is 0.289 e. The normalized spacial score (nSPS) is 12.6. The number of nitro groups is 1. The number of benzene rings is 1. The standard InChI is InChI=1S/C11H8F3N3O2/c12-10(13)11(14)16-6-5-9(15-16)7-1-3-8(4-2-7)17(18)19/h1-6,10-11H. The lowest BCUT2D eigenvalue weighted by Crippen LogP contribution is -2.12. The number of halogens is 3. The zero-order valence-corrected chi connectivity index (χ0v) is 9.41. The highest BCUT2D eigenvalue weighted by atomic mass is 19.3. The van der Waals surface area contributed by atoms with E-state index in [2.05, 4.69) is 5.10 Å². The first-order valence-corrected chi connectivity index (χ1v) is 5.21. The summed E-state index contributed by atoms with van der Waals surface area (Å²) in [5.41, 5.74) is 0.642. The second kappa shape index (κ2) is 5.09. The van der Waals surface area contributed by atoms with E-state index < -0.39 is 17.6 Å². The minimum Gasteiger partial charge on any atom is -0.258 e. The molecular formula is C11H8F3N3O2. The molecule has 100 valence electrons. The minimum absolute atomic E-state index is 0.0980. The van der Waals surface area contributed by atoms with Gasteiger partial charge in [0.2, 0.25) is 0 Å². The summed E-state index contributed by atoms with van der Waals surface area (Å²) >= 11 is 0. The summed E-state index contributed by atoms with van der Waals surface area (Å²) in [6.45, 7) is 0. The topological polar surface area (TPSA) is 61.0 Å². The van der Waals surface area contributed by atoms with Gasteiger partial charge < -0.3 is 0 Å². The van der Waals surface area contributed by atoms with Gasteiger partial charge in [0.1, 0.15) is 0 Å². The van der Waals surface area contributed by atoms with E-state index in [0.29, 0.717) is 10.2 Å². The Labute approximate surface area is 105 Å². The first-order valence-electron chi connectivity index (χ1n) is 5.21. The maximum Gasteiger partial charge on any atom is 0.289 e. The van der Waals surface area contributed by atoms with E-state index in [1.807, 2.05) is 0 Å². The van der Waals surface area contributed by atoms with Gasteiger partial charge in [-0.05, 0) is 18.2 Å². The van der Waals surface area contributed by atoms with Gasteiger partial charge in [0, 0.05) is 23.9 Å². The molecule has 1 aromatic carbocycles. The predicted octanol–water partition coefficient (Wildman–Crippen LogP) is 3.19. The first-order chi connectivity index (χ1) is 8.99. The minimum atomic E-state index is -3.16. The van der Waals surface area contributed by atoms with Crippen molar-refractivity contribution in [1.82, 2.24) is 9.78 Å². The summed E-state index contributed by atoms with van der Waals surface area (Å²) in [6, 6.07) is 6.71. The molecule has 0 spiro atoms. The van der Waals surface area contributed by atoms with Gasteiger partial charge in [0.25, 0.3) is 18.4 Å². The van der Waals surface area contributed by atoms with Gasteiger partial charge in [-0.15, -0.1) is 0 Å². The fourth-order valence-corrected chi connectivity index (χ4v) is 1.50. The predicted molar refractivity (Wildman–Crippen MR) is 60.5 cm³/mol. The third-order valence-corrected chi connectivity index (χ3v) is 2.44. The van der Waals surface area contributed by atoms with Crippen LogP contribution in [0.25, 0.3) is 11.3 Å². The van der Waals surface area contributed by atoms with Gasteiger partial charge >= 0.3 is 0 Å². The molecule has 1 unspecified atom stereocenters. The van der Waals surface area contributed by atoms with Crippen molar-refractivity contribution in [3.05, 3.63) is 46.6 Å². The third kappa shape index (κ3) is 2.72. The van der Waals surface area contributed by atoms with Crippen molar-refractivity contribution < 1.29 is 18.1 Å². The Morgan fingerprint density at radius 2 is 1.79 bits per heavy atom. The van der Waals surface area contributed by atoms with E-state index in [-0.39, 0.29) is 11.4 Å². The van der Waals surface area contributed by atoms with Crippen LogP contribution in [0.3, 0.4) is 0 Å². The Morgan fingerprint density at radius 1 is 1.16 bits per heavy atom. The molecule has 0 radical (unpaired) electrons. The molecule has 0 aliphatic rings. The number of nitrogens with zero attached hydrogens (tertiary/aromatic N) is 3. The molecule has 0 amide bonds. The van der Waals surface area contributed by atoms with E-state index in [1.165, 1.54) is 30.3 Å². The molecule has 0 N–H and O–H groups in total. The number of hydrogen-bond donors (Lipinski definition) is 0. The van der Waals surface area contributed by atoms with Gasteiger partial charge in [-0.3, -0.25) is 10.1 Å². The molecule has 5 nitrogen and oxygen atoms in total. The van der Waals surface area contributed by atoms with Crippen molar-refractivity contribution in [2.45, 2.75) is 12.7 Å². The van der Waals surface area contributed by atoms with Crippen molar-refractivity contribution in [2.75, 3.05) is 0 Å². The average molecular weight is 271 g/mol. The first kappa shape index (κ1) is 13.1. The molecular weight excluding hydrogens is 263 g/mol. The van der Waals surface area contributed by atoms with Gasteiger partial charge in [-0.1, -0.05) is 0 Å². The van der Waals surface area contributed by atoms with E-state index in [4.69, 9.17) is 0 Å². The molecule has 0 fully saturated rings. The van der Waals surface area contributed by atoms with Gasteiger partial charge in [0.15, 0.2) is 0 Å². The fraction of sp³-hybridized carbons (Fsp3) is 0.182. The van der Waals surface area contributed by atoms with E-state index >= 15 is 0 Å². The molecule has 1 atom stereocenters. The van der Waals surface area contributed by atoms with Crippen LogP contribution in [0, 0.1) is 10.1 Å². The SMILES string of the molecule is O=[N+]([O-])c1ccc(-c2ccn(C(F)C(F)F)n2)cc1. The molecule has 0 saturated carbocycles. The number of rotatable bonds is 4. The monoisotopic (exact) mass is 271 g/mol. The summed E-state index contributed by atoms with van der Waals surface area (Å²) in [7, 11) is 0. The molecule has 0 bridgehead atoms. The molecule has 19 heavy (non-hydrogen) atoms. The quantitative estimate of drug-likeness (QED) is 0.633. The van der Waals surface area contributed by atoms with Crippen LogP contribution in [0.2, 0.25) is 0 Å². The average Bonchev–Trinajstić information content (AvgIpc) is 2.87. The summed E-state index contributed by atoms with van der Waals surface area (Å²) in [6.07, 6.45) is -4.58. The van der Waals surface area contributed by atoms with Crippen molar-refractivity contribution in [1.29, 1.82) is 0 Å². The van der Waals surface area contributed by atoms with Crippen LogP contribution in [-0.2, 0) is 0 Å². The van der Waals surface area contributed by atoms with Crippen LogP contribution in [0.4, 0.5) is 18.9 Å². The van der Waals surface area contributed by atoms with Crippen LogP contribution >= 0.6 is 0 Å². The lowest BCUT2D eigenvalue weighted by atomic mass is 10.1. The lowest BCUT2D eigenvalue weighted by Gasteiger charge is -2.06. The maximum absolute atomic E-state index is 13.0. The number of alkyl halides is 3. The Morgan fingerprint density at radius 3 is 2.32 bits per heavy atom. The van der Waals surface area contributed by atoms with E-state index in [1.54, 1.807) is 0 Å². The van der Waals surface area contributed by atoms with E-state index in [9.17, 15) is 23.3 Å². The van der Waals surface area contributed by atoms with Crippen molar-refractivity contribution in [3.8, 4) is 11.3 Å². The number of nitro benzene ring substituents is 1. The lowest BCUT2D eigenvalue weighted by molar-refractivity contribution is -0.384. The van der Waals surface area contributed by atoms with Crippen LogP contribution in [0.15, 0.2) is 36.5 Å². The molecule has 0 aliphatic carbocycles. The molecule has 1 heterocycles. The van der Waals surface area contributed by atoms with Crippen LogP contribution in [0.5, 0.6) is 0 Å². The zero-order valence-electron chi connectivity index (χ0n) is 9.41. The number of hydrogen-bond acceptors (Lipinski definition) is 3. The summed E-state index contributed by atoms with van der Waals surface area (Å²) in [4.78, 5) is 9.91. The molecule has 0 saturated heterocycles. The fourth-order valence-electron chi connectivity index (χ4n) is 1.50. The van der Waals surface area contributed by atoms with Gasteiger partial charge in [0.05, 0.1) is 10.6 Å². The van der Waals surface area contributed by atoms with Crippen molar-refractivity contribution >= 4 is 5.69 Å². The van der Waals surface area contributed by atoms with Gasteiger partial charge in [-0.2, -0.15) is 5.10 Å². The van der Waals surface area contributed by atoms with Crippen LogP contribution in [0.1, 0.15) is 6.30 Å². The highest BCUT2D eigenvalue weighted by Gasteiger charge is 2.22.